The Morgan fingerprint density at radius 2 is 1.50 bits per heavy atom. The highest BCUT2D eigenvalue weighted by atomic mass is 19.1. The maximum atomic E-state index is 14.0. The lowest BCUT2D eigenvalue weighted by Crippen LogP contribution is -2.40. The van der Waals surface area contributed by atoms with Crippen molar-refractivity contribution >= 4 is 17.5 Å². The molecular weight excluding hydrogens is 412 g/mol. The highest BCUT2D eigenvalue weighted by Gasteiger charge is 2.31. The van der Waals surface area contributed by atoms with Crippen LogP contribution in [0.5, 0.6) is 0 Å². The summed E-state index contributed by atoms with van der Waals surface area (Å²) < 4.78 is 27.4. The van der Waals surface area contributed by atoms with E-state index >= 15 is 0 Å². The van der Waals surface area contributed by atoms with Crippen LogP contribution >= 0.6 is 0 Å². The molecule has 0 aromatic heterocycles. The molecule has 5 rings (SSSR count). The molecular formula is C26H19F2NO3. The van der Waals surface area contributed by atoms with E-state index in [1.807, 2.05) is 18.2 Å². The van der Waals surface area contributed by atoms with E-state index in [2.05, 4.69) is 0 Å². The Morgan fingerprint density at radius 1 is 0.812 bits per heavy atom. The van der Waals surface area contributed by atoms with Crippen LogP contribution in [0.1, 0.15) is 49.5 Å². The zero-order valence-electron chi connectivity index (χ0n) is 17.1. The van der Waals surface area contributed by atoms with Crippen molar-refractivity contribution in [3.8, 4) is 11.1 Å². The second-order valence-electron chi connectivity index (χ2n) is 8.19. The Kier molecular flexibility index (Phi) is 4.93. The Hall–Kier alpha value is -3.67. The Balaban J connectivity index is 1.30. The number of fused-ring (bicyclic) bond motifs is 3. The monoisotopic (exact) mass is 431 g/mol. The molecule has 3 aromatic rings. The number of carbonyl (C=O) groups is 3. The van der Waals surface area contributed by atoms with Crippen molar-refractivity contribution in [3.05, 3.63) is 94.6 Å². The maximum Gasteiger partial charge on any atom is 0.253 e. The average molecular weight is 431 g/mol. The molecule has 0 unspecified atom stereocenters. The van der Waals surface area contributed by atoms with Crippen LogP contribution in [-0.2, 0) is 0 Å². The lowest BCUT2D eigenvalue weighted by atomic mass is 9.88. The number of piperidine rings is 1. The fourth-order valence-electron chi connectivity index (χ4n) is 4.59. The molecule has 1 heterocycles. The average Bonchev–Trinajstić information content (AvgIpc) is 3.11. The summed E-state index contributed by atoms with van der Waals surface area (Å²) in [6.45, 7) is 0.662. The normalized spacial score (nSPS) is 15.4. The van der Waals surface area contributed by atoms with E-state index < -0.39 is 23.3 Å². The van der Waals surface area contributed by atoms with E-state index in [1.54, 1.807) is 29.2 Å². The Morgan fingerprint density at radius 3 is 2.25 bits per heavy atom. The van der Waals surface area contributed by atoms with Crippen molar-refractivity contribution in [1.29, 1.82) is 0 Å². The number of carbonyl (C=O) groups excluding carboxylic acids is 3. The molecule has 3 aromatic carbocycles. The van der Waals surface area contributed by atoms with Crippen LogP contribution in [0.25, 0.3) is 11.1 Å². The van der Waals surface area contributed by atoms with Gasteiger partial charge in [-0.15, -0.1) is 0 Å². The largest absolute Gasteiger partial charge is 0.339 e. The van der Waals surface area contributed by atoms with E-state index in [0.29, 0.717) is 42.6 Å². The van der Waals surface area contributed by atoms with Gasteiger partial charge < -0.3 is 4.90 Å². The van der Waals surface area contributed by atoms with Crippen molar-refractivity contribution < 1.29 is 23.2 Å². The third-order valence-corrected chi connectivity index (χ3v) is 6.32. The van der Waals surface area contributed by atoms with Gasteiger partial charge in [-0.05, 0) is 54.3 Å². The predicted octanol–water partition coefficient (Wildman–Crippen LogP) is 4.91. The van der Waals surface area contributed by atoms with Crippen LogP contribution in [0, 0.1) is 17.6 Å². The molecule has 0 radical (unpaired) electrons. The van der Waals surface area contributed by atoms with E-state index in [-0.39, 0.29) is 17.3 Å². The number of halogens is 2. The molecule has 1 aliphatic carbocycles. The number of hydrogen-bond donors (Lipinski definition) is 0. The predicted molar refractivity (Wildman–Crippen MR) is 115 cm³/mol. The molecule has 1 aliphatic heterocycles. The van der Waals surface area contributed by atoms with Gasteiger partial charge in [0.2, 0.25) is 0 Å². The first-order valence-corrected chi connectivity index (χ1v) is 10.5. The van der Waals surface area contributed by atoms with Crippen molar-refractivity contribution in [2.24, 2.45) is 5.92 Å². The topological polar surface area (TPSA) is 54.5 Å². The number of hydrogen-bond acceptors (Lipinski definition) is 3. The lowest BCUT2D eigenvalue weighted by molar-refractivity contribution is 0.0649. The number of nitrogens with zero attached hydrogens (tertiary/aromatic N) is 1. The third-order valence-electron chi connectivity index (χ3n) is 6.32. The zero-order valence-corrected chi connectivity index (χ0v) is 17.1. The Labute approximate surface area is 183 Å². The number of benzene rings is 3. The van der Waals surface area contributed by atoms with E-state index in [0.717, 1.165) is 29.3 Å². The summed E-state index contributed by atoms with van der Waals surface area (Å²) >= 11 is 0. The Bertz CT molecular complexity index is 1280. The number of amides is 1. The highest BCUT2D eigenvalue weighted by molar-refractivity contribution is 6.22. The van der Waals surface area contributed by atoms with Gasteiger partial charge in [-0.1, -0.05) is 30.3 Å². The minimum atomic E-state index is -0.737. The van der Waals surface area contributed by atoms with Crippen LogP contribution < -0.4 is 0 Å². The molecule has 6 heteroatoms. The summed E-state index contributed by atoms with van der Waals surface area (Å²) in [5.41, 5.74) is 3.02. The van der Waals surface area contributed by atoms with Crippen LogP contribution in [0.4, 0.5) is 8.78 Å². The molecule has 1 fully saturated rings. The van der Waals surface area contributed by atoms with Gasteiger partial charge in [0, 0.05) is 35.7 Å². The van der Waals surface area contributed by atoms with Gasteiger partial charge in [0.25, 0.3) is 5.91 Å². The molecule has 0 atom stereocenters. The van der Waals surface area contributed by atoms with Crippen LogP contribution in [0.2, 0.25) is 0 Å². The summed E-state index contributed by atoms with van der Waals surface area (Å²) in [6.07, 6.45) is 0.742. The molecule has 0 bridgehead atoms. The van der Waals surface area contributed by atoms with E-state index in [4.69, 9.17) is 0 Å². The van der Waals surface area contributed by atoms with Crippen LogP contribution in [-0.4, -0.2) is 35.5 Å². The second-order valence-corrected chi connectivity index (χ2v) is 8.19. The highest BCUT2D eigenvalue weighted by Crippen LogP contribution is 2.37. The molecule has 0 saturated carbocycles. The molecule has 4 nitrogen and oxygen atoms in total. The number of Topliss-reactive ketones (excluding diaryl/α,β-unsaturated/α-hetero) is 1. The number of ketones is 2. The fraction of sp³-hybridized carbons (Fsp3) is 0.192. The molecule has 32 heavy (non-hydrogen) atoms. The number of rotatable bonds is 3. The van der Waals surface area contributed by atoms with Gasteiger partial charge in [-0.25, -0.2) is 8.78 Å². The molecule has 0 spiro atoms. The van der Waals surface area contributed by atoms with Crippen molar-refractivity contribution in [1.82, 2.24) is 4.90 Å². The van der Waals surface area contributed by atoms with Gasteiger partial charge in [-0.3, -0.25) is 14.4 Å². The molecule has 0 N–H and O–H groups in total. The zero-order chi connectivity index (χ0) is 22.4. The summed E-state index contributed by atoms with van der Waals surface area (Å²) in [7, 11) is 0. The van der Waals surface area contributed by atoms with Gasteiger partial charge in [0.1, 0.15) is 11.6 Å². The SMILES string of the molecule is O=C1c2ccccc2-c2ccc(C(=O)N3CCC(C(=O)c4cc(F)ccc4F)CC3)cc21. The lowest BCUT2D eigenvalue weighted by Gasteiger charge is -2.31. The summed E-state index contributed by atoms with van der Waals surface area (Å²) in [6, 6.07) is 15.4. The fourth-order valence-corrected chi connectivity index (χ4v) is 4.59. The van der Waals surface area contributed by atoms with Gasteiger partial charge in [-0.2, -0.15) is 0 Å². The number of likely N-dealkylation sites (tertiary alicyclic amines) is 1. The van der Waals surface area contributed by atoms with Crippen LogP contribution in [0.15, 0.2) is 60.7 Å². The molecule has 2 aliphatic rings. The third kappa shape index (κ3) is 3.32. The minimum absolute atomic E-state index is 0.0910. The minimum Gasteiger partial charge on any atom is -0.339 e. The smallest absolute Gasteiger partial charge is 0.253 e. The van der Waals surface area contributed by atoms with Gasteiger partial charge in [0.15, 0.2) is 11.6 Å². The van der Waals surface area contributed by atoms with Crippen molar-refractivity contribution in [2.75, 3.05) is 13.1 Å². The van der Waals surface area contributed by atoms with Gasteiger partial charge >= 0.3 is 0 Å². The first-order chi connectivity index (χ1) is 15.4. The summed E-state index contributed by atoms with van der Waals surface area (Å²) in [4.78, 5) is 40.1. The summed E-state index contributed by atoms with van der Waals surface area (Å²) in [5, 5.41) is 0. The van der Waals surface area contributed by atoms with Crippen molar-refractivity contribution in [3.63, 3.8) is 0 Å². The first kappa shape index (κ1) is 20.2. The standard InChI is InChI=1S/C26H19F2NO3/c27-17-6-8-23(28)22(14-17)24(30)15-9-11-29(12-10-15)26(32)16-5-7-19-18-3-1-2-4-20(18)25(31)21(19)13-16/h1-8,13-15H,9-12H2. The summed E-state index contributed by atoms with van der Waals surface area (Å²) in [5.74, 6) is -2.60. The molecule has 160 valence electrons. The van der Waals surface area contributed by atoms with E-state index in [9.17, 15) is 23.2 Å². The second kappa shape index (κ2) is 7.79. The van der Waals surface area contributed by atoms with Crippen LogP contribution in [0.3, 0.4) is 0 Å². The maximum absolute atomic E-state index is 14.0. The van der Waals surface area contributed by atoms with Crippen molar-refractivity contribution in [2.45, 2.75) is 12.8 Å². The van der Waals surface area contributed by atoms with E-state index in [1.165, 1.54) is 0 Å². The van der Waals surface area contributed by atoms with Gasteiger partial charge in [0.05, 0.1) is 5.56 Å². The molecule has 1 amide bonds. The quantitative estimate of drug-likeness (QED) is 0.433. The molecule has 1 saturated heterocycles. The first-order valence-electron chi connectivity index (χ1n) is 10.5.